The number of esters is 1. The maximum atomic E-state index is 10.6. The Bertz CT molecular complexity index is 318. The van der Waals surface area contributed by atoms with E-state index >= 15 is 0 Å². The summed E-state index contributed by atoms with van der Waals surface area (Å²) >= 11 is 0. The van der Waals surface area contributed by atoms with Crippen LogP contribution in [-0.4, -0.2) is 12.6 Å². The number of unbranched alkanes of at least 4 members (excludes halogenated alkanes) is 11. The lowest BCUT2D eigenvalue weighted by Crippen LogP contribution is -2.00. The topological polar surface area (TPSA) is 26.3 Å². The first-order chi connectivity index (χ1) is 11.8. The quantitative estimate of drug-likeness (QED) is 0.160. The molecular weight excluding hydrogens is 296 g/mol. The van der Waals surface area contributed by atoms with Gasteiger partial charge in [0.25, 0.3) is 0 Å². The zero-order valence-electron chi connectivity index (χ0n) is 16.2. The van der Waals surface area contributed by atoms with Crippen molar-refractivity contribution in [3.8, 4) is 0 Å². The van der Waals surface area contributed by atoms with Gasteiger partial charge in [0.05, 0.1) is 6.61 Å². The molecule has 24 heavy (non-hydrogen) atoms. The summed E-state index contributed by atoms with van der Waals surface area (Å²) in [5.74, 6) is -0.160. The molecule has 0 heterocycles. The van der Waals surface area contributed by atoms with Crippen molar-refractivity contribution in [2.45, 2.75) is 104 Å². The van der Waals surface area contributed by atoms with Gasteiger partial charge in [0.2, 0.25) is 0 Å². The van der Waals surface area contributed by atoms with E-state index in [4.69, 9.17) is 4.74 Å². The third-order valence-corrected chi connectivity index (χ3v) is 4.15. The summed E-state index contributed by atoms with van der Waals surface area (Å²) in [6.07, 6.45) is 27.0. The summed E-state index contributed by atoms with van der Waals surface area (Å²) in [5, 5.41) is 0. The third kappa shape index (κ3) is 20.9. The van der Waals surface area contributed by atoms with Crippen LogP contribution in [0.4, 0.5) is 0 Å². The number of hydrogen-bond acceptors (Lipinski definition) is 2. The Morgan fingerprint density at radius 1 is 0.708 bits per heavy atom. The molecular formula is C22H40O2. The highest BCUT2D eigenvalue weighted by Crippen LogP contribution is 2.10. The van der Waals surface area contributed by atoms with Crippen LogP contribution in [0.5, 0.6) is 0 Å². The van der Waals surface area contributed by atoms with E-state index in [1.54, 1.807) is 0 Å². The molecule has 0 aromatic carbocycles. The second-order valence-corrected chi connectivity index (χ2v) is 6.63. The fourth-order valence-corrected chi connectivity index (χ4v) is 2.66. The van der Waals surface area contributed by atoms with E-state index in [-0.39, 0.29) is 5.97 Å². The second-order valence-electron chi connectivity index (χ2n) is 6.63. The third-order valence-electron chi connectivity index (χ3n) is 4.15. The zero-order chi connectivity index (χ0) is 17.7. The lowest BCUT2D eigenvalue weighted by Gasteiger charge is -2.02. The Morgan fingerprint density at radius 2 is 1.21 bits per heavy atom. The molecule has 0 N–H and O–H groups in total. The summed E-state index contributed by atoms with van der Waals surface area (Å²) in [6, 6.07) is 0. The second kappa shape index (κ2) is 20.0. The van der Waals surface area contributed by atoms with Crippen LogP contribution in [0.1, 0.15) is 104 Å². The molecule has 0 spiro atoms. The van der Waals surface area contributed by atoms with Crippen LogP contribution in [-0.2, 0) is 9.53 Å². The Kier molecular flexibility index (Phi) is 19.1. The Hall–Kier alpha value is -1.05. The molecule has 0 radical (unpaired) electrons. The van der Waals surface area contributed by atoms with Crippen molar-refractivity contribution >= 4 is 5.97 Å². The van der Waals surface area contributed by atoms with Crippen molar-refractivity contribution in [2.75, 3.05) is 6.61 Å². The van der Waals surface area contributed by atoms with Crippen LogP contribution in [0.3, 0.4) is 0 Å². The Labute approximate surface area is 150 Å². The summed E-state index contributed by atoms with van der Waals surface area (Å²) in [6.45, 7) is 4.32. The highest BCUT2D eigenvalue weighted by molar-refractivity contribution is 5.65. The standard InChI is InChI=1S/C22H40O2/c1-3-4-5-6-7-8-9-10-11-12-13-14-15-16-17-18-19-20-21-24-22(2)23/h7-8,10-11H,3-6,9,12-21H2,1-2H3/b8-7-,11-10-. The number of ether oxygens (including phenoxy) is 1. The zero-order valence-corrected chi connectivity index (χ0v) is 16.2. The lowest BCUT2D eigenvalue weighted by molar-refractivity contribution is -0.141. The minimum Gasteiger partial charge on any atom is -0.466 e. The van der Waals surface area contributed by atoms with Gasteiger partial charge in [-0.15, -0.1) is 0 Å². The van der Waals surface area contributed by atoms with Gasteiger partial charge in [-0.1, -0.05) is 82.6 Å². The smallest absolute Gasteiger partial charge is 0.302 e. The molecule has 0 aliphatic rings. The first-order valence-electron chi connectivity index (χ1n) is 10.2. The first kappa shape index (κ1) is 22.9. The minimum atomic E-state index is -0.160. The van der Waals surface area contributed by atoms with Crippen molar-refractivity contribution in [1.29, 1.82) is 0 Å². The predicted molar refractivity (Wildman–Crippen MR) is 105 cm³/mol. The van der Waals surface area contributed by atoms with Crippen molar-refractivity contribution in [2.24, 2.45) is 0 Å². The molecule has 0 aromatic rings. The molecule has 0 bridgehead atoms. The SMILES string of the molecule is CCCCC/C=C\C/C=C\CCCCCCCCCCOC(C)=O. The minimum absolute atomic E-state index is 0.160. The van der Waals surface area contributed by atoms with Crippen molar-refractivity contribution < 1.29 is 9.53 Å². The lowest BCUT2D eigenvalue weighted by atomic mass is 10.1. The van der Waals surface area contributed by atoms with Crippen molar-refractivity contribution in [3.05, 3.63) is 24.3 Å². The Balaban J connectivity index is 3.14. The molecule has 0 unspecified atom stereocenters. The Morgan fingerprint density at radius 3 is 1.75 bits per heavy atom. The molecule has 2 nitrogen and oxygen atoms in total. The van der Waals surface area contributed by atoms with E-state index in [0.29, 0.717) is 6.61 Å². The molecule has 0 saturated carbocycles. The molecule has 2 heteroatoms. The van der Waals surface area contributed by atoms with E-state index in [0.717, 1.165) is 12.8 Å². The molecule has 0 amide bonds. The van der Waals surface area contributed by atoms with E-state index in [1.807, 2.05) is 0 Å². The van der Waals surface area contributed by atoms with Crippen LogP contribution in [0.2, 0.25) is 0 Å². The normalized spacial score (nSPS) is 11.6. The highest BCUT2D eigenvalue weighted by atomic mass is 16.5. The number of carbonyl (C=O) groups is 1. The summed E-state index contributed by atoms with van der Waals surface area (Å²) in [4.78, 5) is 10.6. The van der Waals surface area contributed by atoms with Crippen molar-refractivity contribution in [3.63, 3.8) is 0 Å². The van der Waals surface area contributed by atoms with Gasteiger partial charge in [-0.25, -0.2) is 0 Å². The number of carbonyl (C=O) groups excluding carboxylic acids is 1. The van der Waals surface area contributed by atoms with Crippen LogP contribution in [0, 0.1) is 0 Å². The van der Waals surface area contributed by atoms with Gasteiger partial charge in [0.1, 0.15) is 0 Å². The van der Waals surface area contributed by atoms with Gasteiger partial charge in [-0.3, -0.25) is 4.79 Å². The number of rotatable bonds is 17. The van der Waals surface area contributed by atoms with E-state index < -0.39 is 0 Å². The monoisotopic (exact) mass is 336 g/mol. The van der Waals surface area contributed by atoms with Gasteiger partial charge in [-0.05, 0) is 38.5 Å². The summed E-state index contributed by atoms with van der Waals surface area (Å²) < 4.78 is 4.92. The average molecular weight is 337 g/mol. The van der Waals surface area contributed by atoms with Gasteiger partial charge in [0.15, 0.2) is 0 Å². The number of hydrogen-bond donors (Lipinski definition) is 0. The van der Waals surface area contributed by atoms with Gasteiger partial charge >= 0.3 is 5.97 Å². The van der Waals surface area contributed by atoms with E-state index in [2.05, 4.69) is 31.2 Å². The van der Waals surface area contributed by atoms with Gasteiger partial charge in [0, 0.05) is 6.92 Å². The van der Waals surface area contributed by atoms with Crippen molar-refractivity contribution in [1.82, 2.24) is 0 Å². The average Bonchev–Trinajstić information content (AvgIpc) is 2.56. The molecule has 0 aromatic heterocycles. The molecule has 0 fully saturated rings. The van der Waals surface area contributed by atoms with Crippen LogP contribution < -0.4 is 0 Å². The molecule has 0 aliphatic heterocycles. The maximum absolute atomic E-state index is 10.6. The molecule has 0 rings (SSSR count). The molecule has 140 valence electrons. The molecule has 0 aliphatic carbocycles. The fraction of sp³-hybridized carbons (Fsp3) is 0.773. The largest absolute Gasteiger partial charge is 0.466 e. The first-order valence-corrected chi connectivity index (χ1v) is 10.2. The highest BCUT2D eigenvalue weighted by Gasteiger charge is 1.94. The fourth-order valence-electron chi connectivity index (χ4n) is 2.66. The van der Waals surface area contributed by atoms with Gasteiger partial charge < -0.3 is 4.74 Å². The maximum Gasteiger partial charge on any atom is 0.302 e. The van der Waals surface area contributed by atoms with Crippen LogP contribution in [0.15, 0.2) is 24.3 Å². The van der Waals surface area contributed by atoms with Gasteiger partial charge in [-0.2, -0.15) is 0 Å². The molecule has 0 saturated heterocycles. The summed E-state index contributed by atoms with van der Waals surface area (Å²) in [7, 11) is 0. The van der Waals surface area contributed by atoms with Crippen LogP contribution >= 0.6 is 0 Å². The number of allylic oxidation sites excluding steroid dienone is 4. The van der Waals surface area contributed by atoms with E-state index in [9.17, 15) is 4.79 Å². The van der Waals surface area contributed by atoms with Crippen LogP contribution in [0.25, 0.3) is 0 Å². The predicted octanol–water partition coefficient (Wildman–Crippen LogP) is 7.14. The van der Waals surface area contributed by atoms with E-state index in [1.165, 1.54) is 84.0 Å². The summed E-state index contributed by atoms with van der Waals surface area (Å²) in [5.41, 5.74) is 0. The molecule has 0 atom stereocenters.